The zero-order chi connectivity index (χ0) is 12.9. The summed E-state index contributed by atoms with van der Waals surface area (Å²) >= 11 is 0. The fraction of sp³-hybridized carbons (Fsp3) is 0.667. The van der Waals surface area contributed by atoms with Crippen LogP contribution >= 0.6 is 0 Å². The molecule has 0 unspecified atom stereocenters. The van der Waals surface area contributed by atoms with Crippen molar-refractivity contribution < 1.29 is 14.8 Å². The van der Waals surface area contributed by atoms with E-state index in [0.717, 1.165) is 0 Å². The van der Waals surface area contributed by atoms with Gasteiger partial charge in [-0.15, -0.1) is 0 Å². The molecule has 0 aliphatic rings. The molecule has 0 aromatic carbocycles. The summed E-state index contributed by atoms with van der Waals surface area (Å²) in [5, 5.41) is 13.8. The molecule has 7 nitrogen and oxygen atoms in total. The van der Waals surface area contributed by atoms with Gasteiger partial charge in [0.15, 0.2) is 5.84 Å². The molecule has 0 aliphatic heterocycles. The molecular weight excluding hydrogens is 212 g/mol. The molecule has 0 radical (unpaired) electrons. The van der Waals surface area contributed by atoms with E-state index in [2.05, 4.69) is 10.5 Å². The first-order valence-corrected chi connectivity index (χ1v) is 4.71. The van der Waals surface area contributed by atoms with Crippen LogP contribution in [0.4, 0.5) is 0 Å². The minimum Gasteiger partial charge on any atom is -0.409 e. The Bertz CT molecular complexity index is 312. The number of likely N-dealkylation sites (N-methyl/N-ethyl adjacent to an activating group) is 2. The van der Waals surface area contributed by atoms with Gasteiger partial charge < -0.3 is 21.2 Å². The summed E-state index contributed by atoms with van der Waals surface area (Å²) in [6.45, 7) is 2.97. The SMILES string of the molecule is CNC(=O)CN(C)C(=O)C(C)(C)C(N)=NO. The van der Waals surface area contributed by atoms with E-state index >= 15 is 0 Å². The molecule has 0 aromatic rings. The van der Waals surface area contributed by atoms with E-state index in [1.165, 1.54) is 32.8 Å². The summed E-state index contributed by atoms with van der Waals surface area (Å²) in [4.78, 5) is 24.2. The van der Waals surface area contributed by atoms with E-state index < -0.39 is 11.3 Å². The number of rotatable bonds is 4. The number of amides is 2. The lowest BCUT2D eigenvalue weighted by molar-refractivity contribution is -0.139. The number of nitrogens with two attached hydrogens (primary N) is 1. The number of amidine groups is 1. The third-order valence-corrected chi connectivity index (χ3v) is 2.29. The van der Waals surface area contributed by atoms with Gasteiger partial charge in [0.25, 0.3) is 0 Å². The van der Waals surface area contributed by atoms with Crippen LogP contribution < -0.4 is 11.1 Å². The second-order valence-electron chi connectivity index (χ2n) is 3.94. The zero-order valence-electron chi connectivity index (χ0n) is 9.94. The highest BCUT2D eigenvalue weighted by Gasteiger charge is 2.35. The van der Waals surface area contributed by atoms with Crippen LogP contribution in [-0.2, 0) is 9.59 Å². The first-order chi connectivity index (χ1) is 7.27. The van der Waals surface area contributed by atoms with Crippen LogP contribution in [0.25, 0.3) is 0 Å². The van der Waals surface area contributed by atoms with Crippen LogP contribution in [-0.4, -0.2) is 48.4 Å². The predicted octanol–water partition coefficient (Wildman–Crippen LogP) is -1.04. The van der Waals surface area contributed by atoms with Crippen molar-refractivity contribution in [3.05, 3.63) is 0 Å². The highest BCUT2D eigenvalue weighted by molar-refractivity contribution is 6.06. The van der Waals surface area contributed by atoms with E-state index in [4.69, 9.17) is 10.9 Å². The van der Waals surface area contributed by atoms with Gasteiger partial charge in [-0.25, -0.2) is 0 Å². The highest BCUT2D eigenvalue weighted by atomic mass is 16.4. The Kier molecular flexibility index (Phi) is 4.74. The van der Waals surface area contributed by atoms with Crippen LogP contribution in [0.3, 0.4) is 0 Å². The molecule has 0 atom stereocenters. The van der Waals surface area contributed by atoms with Crippen molar-refractivity contribution in [2.75, 3.05) is 20.6 Å². The summed E-state index contributed by atoms with van der Waals surface area (Å²) in [6, 6.07) is 0. The van der Waals surface area contributed by atoms with Crippen molar-refractivity contribution in [1.29, 1.82) is 0 Å². The Balaban J connectivity index is 4.73. The van der Waals surface area contributed by atoms with Crippen molar-refractivity contribution in [2.24, 2.45) is 16.3 Å². The Morgan fingerprint density at radius 1 is 1.50 bits per heavy atom. The molecule has 0 spiro atoms. The van der Waals surface area contributed by atoms with Gasteiger partial charge >= 0.3 is 0 Å². The fourth-order valence-electron chi connectivity index (χ4n) is 1.08. The second kappa shape index (κ2) is 5.34. The molecule has 0 saturated carbocycles. The Hall–Kier alpha value is -1.79. The van der Waals surface area contributed by atoms with Gasteiger partial charge in [0.1, 0.15) is 5.41 Å². The summed E-state index contributed by atoms with van der Waals surface area (Å²) in [6.07, 6.45) is 0. The number of oxime groups is 1. The molecule has 0 aliphatic carbocycles. The van der Waals surface area contributed by atoms with Crippen LogP contribution in [0.5, 0.6) is 0 Å². The van der Waals surface area contributed by atoms with Gasteiger partial charge in [0, 0.05) is 14.1 Å². The molecule has 0 fully saturated rings. The molecule has 0 saturated heterocycles. The minimum absolute atomic E-state index is 0.0720. The van der Waals surface area contributed by atoms with E-state index in [-0.39, 0.29) is 18.3 Å². The lowest BCUT2D eigenvalue weighted by Crippen LogP contribution is -2.48. The quantitative estimate of drug-likeness (QED) is 0.248. The predicted molar refractivity (Wildman–Crippen MR) is 58.9 cm³/mol. The number of nitrogens with zero attached hydrogens (tertiary/aromatic N) is 2. The maximum atomic E-state index is 11.9. The van der Waals surface area contributed by atoms with Crippen LogP contribution in [0.1, 0.15) is 13.8 Å². The van der Waals surface area contributed by atoms with E-state index in [0.29, 0.717) is 0 Å². The normalized spacial score (nSPS) is 12.1. The molecule has 92 valence electrons. The van der Waals surface area contributed by atoms with Gasteiger partial charge in [-0.1, -0.05) is 5.16 Å². The minimum atomic E-state index is -1.14. The van der Waals surface area contributed by atoms with Gasteiger partial charge in [-0.05, 0) is 13.8 Å². The smallest absolute Gasteiger partial charge is 0.239 e. The van der Waals surface area contributed by atoms with Crippen molar-refractivity contribution in [3.63, 3.8) is 0 Å². The maximum absolute atomic E-state index is 11.9. The Morgan fingerprint density at radius 3 is 2.38 bits per heavy atom. The maximum Gasteiger partial charge on any atom is 0.239 e. The largest absolute Gasteiger partial charge is 0.409 e. The molecule has 0 heterocycles. The monoisotopic (exact) mass is 230 g/mol. The van der Waals surface area contributed by atoms with Gasteiger partial charge in [-0.2, -0.15) is 0 Å². The summed E-state index contributed by atoms with van der Waals surface area (Å²) < 4.78 is 0. The molecule has 0 bridgehead atoms. The third kappa shape index (κ3) is 3.11. The molecule has 0 aromatic heterocycles. The number of carbonyl (C=O) groups is 2. The summed E-state index contributed by atoms with van der Waals surface area (Å²) in [5.41, 5.74) is 4.26. The van der Waals surface area contributed by atoms with Crippen LogP contribution in [0, 0.1) is 5.41 Å². The van der Waals surface area contributed by atoms with E-state index in [1.807, 2.05) is 0 Å². The third-order valence-electron chi connectivity index (χ3n) is 2.29. The van der Waals surface area contributed by atoms with Crippen molar-refractivity contribution >= 4 is 17.6 Å². The molecule has 2 amide bonds. The standard InChI is InChI=1S/C9H18N4O3/c1-9(2,7(10)12-16)8(15)13(4)5-6(14)11-3/h16H,5H2,1-4H3,(H2,10,12)(H,11,14). The number of hydrogen-bond donors (Lipinski definition) is 3. The van der Waals surface area contributed by atoms with E-state index in [1.54, 1.807) is 0 Å². The van der Waals surface area contributed by atoms with Crippen LogP contribution in [0.2, 0.25) is 0 Å². The lowest BCUT2D eigenvalue weighted by Gasteiger charge is -2.27. The molecular formula is C9H18N4O3. The number of carbonyl (C=O) groups excluding carboxylic acids is 2. The van der Waals surface area contributed by atoms with Crippen molar-refractivity contribution in [2.45, 2.75) is 13.8 Å². The van der Waals surface area contributed by atoms with Gasteiger partial charge in [-0.3, -0.25) is 9.59 Å². The first kappa shape index (κ1) is 14.2. The Labute approximate surface area is 94.3 Å². The second-order valence-corrected chi connectivity index (χ2v) is 3.94. The van der Waals surface area contributed by atoms with Crippen molar-refractivity contribution in [1.82, 2.24) is 10.2 Å². The topological polar surface area (TPSA) is 108 Å². The molecule has 16 heavy (non-hydrogen) atoms. The first-order valence-electron chi connectivity index (χ1n) is 4.71. The van der Waals surface area contributed by atoms with Crippen LogP contribution in [0.15, 0.2) is 5.16 Å². The number of hydrogen-bond acceptors (Lipinski definition) is 4. The molecule has 4 N–H and O–H groups in total. The van der Waals surface area contributed by atoms with E-state index in [9.17, 15) is 9.59 Å². The molecule has 0 rings (SSSR count). The van der Waals surface area contributed by atoms with Gasteiger partial charge in [0.2, 0.25) is 11.8 Å². The zero-order valence-corrected chi connectivity index (χ0v) is 9.94. The van der Waals surface area contributed by atoms with Crippen molar-refractivity contribution in [3.8, 4) is 0 Å². The molecule has 7 heteroatoms. The van der Waals surface area contributed by atoms with Gasteiger partial charge in [0.05, 0.1) is 6.54 Å². The summed E-state index contributed by atoms with van der Waals surface area (Å²) in [7, 11) is 2.96. The fourth-order valence-corrected chi connectivity index (χ4v) is 1.08. The Morgan fingerprint density at radius 2 is 2.00 bits per heavy atom. The lowest BCUT2D eigenvalue weighted by atomic mass is 9.90. The highest BCUT2D eigenvalue weighted by Crippen LogP contribution is 2.18. The average Bonchev–Trinajstić information content (AvgIpc) is 2.26. The number of nitrogens with one attached hydrogen (secondary N) is 1. The summed E-state index contributed by atoms with van der Waals surface area (Å²) in [5.74, 6) is -0.876. The average molecular weight is 230 g/mol.